The van der Waals surface area contributed by atoms with Crippen LogP contribution in [0.15, 0.2) is 65.4 Å². The van der Waals surface area contributed by atoms with E-state index in [-0.39, 0.29) is 0 Å². The quantitative estimate of drug-likeness (QED) is 0.467. The first-order valence-electron chi connectivity index (χ1n) is 8.88. The van der Waals surface area contributed by atoms with Crippen molar-refractivity contribution in [1.82, 2.24) is 34.5 Å². The van der Waals surface area contributed by atoms with Crippen LogP contribution in [0.3, 0.4) is 0 Å². The Morgan fingerprint density at radius 3 is 2.82 bits per heavy atom. The molecule has 5 rings (SSSR count). The molecule has 4 heterocycles. The van der Waals surface area contributed by atoms with E-state index in [0.29, 0.717) is 6.04 Å². The maximum absolute atomic E-state index is 4.40. The summed E-state index contributed by atoms with van der Waals surface area (Å²) < 4.78 is 4.29. The second kappa shape index (κ2) is 7.40. The normalized spacial score (nSPS) is 15.7. The minimum atomic E-state index is 0.296. The van der Waals surface area contributed by atoms with E-state index in [2.05, 4.69) is 53.6 Å². The first-order chi connectivity index (χ1) is 13.8. The predicted octanol–water partition coefficient (Wildman–Crippen LogP) is 3.67. The number of para-hydroxylation sites is 1. The second-order valence-electron chi connectivity index (χ2n) is 6.46. The Hall–Kier alpha value is -2.65. The molecule has 0 aliphatic carbocycles. The van der Waals surface area contributed by atoms with Crippen LogP contribution in [0, 0.1) is 6.92 Å². The van der Waals surface area contributed by atoms with Crippen LogP contribution in [0.4, 0.5) is 0 Å². The fraction of sp³-hybridized carbons (Fsp3) is 0.211. The molecule has 0 spiro atoms. The molecule has 1 aliphatic heterocycles. The van der Waals surface area contributed by atoms with Crippen molar-refractivity contribution in [1.29, 1.82) is 0 Å². The van der Waals surface area contributed by atoms with Crippen molar-refractivity contribution in [3.05, 3.63) is 60.7 Å². The molecule has 0 amide bonds. The Bertz CT molecular complexity index is 1110. The van der Waals surface area contributed by atoms with Crippen molar-refractivity contribution in [2.75, 3.05) is 11.5 Å². The second-order valence-corrected chi connectivity index (χ2v) is 8.43. The summed E-state index contributed by atoms with van der Waals surface area (Å²) in [6.07, 6.45) is 5.35. The molecule has 140 valence electrons. The zero-order valence-electron chi connectivity index (χ0n) is 15.1. The van der Waals surface area contributed by atoms with Crippen molar-refractivity contribution in [2.24, 2.45) is 0 Å². The average molecular weight is 408 g/mol. The highest BCUT2D eigenvalue weighted by molar-refractivity contribution is 8.00. The minimum absolute atomic E-state index is 0.296. The topological polar surface area (TPSA) is 74.3 Å². The lowest BCUT2D eigenvalue weighted by Crippen LogP contribution is -2.11. The van der Waals surface area contributed by atoms with Crippen LogP contribution in [-0.4, -0.2) is 46.0 Å². The highest BCUT2D eigenvalue weighted by atomic mass is 32.2. The number of benzene rings is 1. The lowest BCUT2D eigenvalue weighted by atomic mass is 10.2. The highest BCUT2D eigenvalue weighted by Crippen LogP contribution is 2.38. The maximum Gasteiger partial charge on any atom is 0.195 e. The number of hydrogen-bond donors (Lipinski definition) is 0. The van der Waals surface area contributed by atoms with E-state index >= 15 is 0 Å². The van der Waals surface area contributed by atoms with Gasteiger partial charge in [0.25, 0.3) is 0 Å². The molecule has 0 fully saturated rings. The smallest absolute Gasteiger partial charge is 0.195 e. The number of thioether (sulfide) groups is 2. The molecule has 9 heteroatoms. The van der Waals surface area contributed by atoms with Gasteiger partial charge in [-0.2, -0.15) is 0 Å². The molecule has 1 unspecified atom stereocenters. The van der Waals surface area contributed by atoms with Gasteiger partial charge in [-0.3, -0.25) is 14.1 Å². The minimum Gasteiger partial charge on any atom is -0.297 e. The molecule has 0 saturated carbocycles. The third kappa shape index (κ3) is 3.10. The molecule has 1 aromatic carbocycles. The zero-order chi connectivity index (χ0) is 18.9. The molecule has 0 saturated heterocycles. The molecular formula is C19H17N7S2. The lowest BCUT2D eigenvalue weighted by molar-refractivity contribution is 0.596. The van der Waals surface area contributed by atoms with Gasteiger partial charge in [0.15, 0.2) is 16.1 Å². The van der Waals surface area contributed by atoms with Gasteiger partial charge in [-0.15, -0.1) is 20.4 Å². The SMILES string of the molecule is Cc1ccccc1-n1cnnc1SCC1CSc2nnc(-c3ccncc3)n21. The van der Waals surface area contributed by atoms with Crippen LogP contribution in [0.5, 0.6) is 0 Å². The van der Waals surface area contributed by atoms with E-state index in [9.17, 15) is 0 Å². The Morgan fingerprint density at radius 2 is 1.96 bits per heavy atom. The summed E-state index contributed by atoms with van der Waals surface area (Å²) in [5.74, 6) is 2.75. The lowest BCUT2D eigenvalue weighted by Gasteiger charge is -2.14. The molecule has 28 heavy (non-hydrogen) atoms. The summed E-state index contributed by atoms with van der Waals surface area (Å²) >= 11 is 3.46. The Labute approximate surface area is 170 Å². The maximum atomic E-state index is 4.40. The van der Waals surface area contributed by atoms with Gasteiger partial charge in [0.05, 0.1) is 11.7 Å². The van der Waals surface area contributed by atoms with Gasteiger partial charge in [0, 0.05) is 29.5 Å². The summed E-state index contributed by atoms with van der Waals surface area (Å²) in [6, 6.07) is 12.5. The number of aromatic nitrogens is 7. The third-order valence-corrected chi connectivity index (χ3v) is 6.85. The van der Waals surface area contributed by atoms with Gasteiger partial charge in [-0.25, -0.2) is 0 Å². The number of hydrogen-bond acceptors (Lipinski definition) is 7. The van der Waals surface area contributed by atoms with Crippen LogP contribution >= 0.6 is 23.5 Å². The van der Waals surface area contributed by atoms with Crippen LogP contribution in [0.1, 0.15) is 11.6 Å². The molecule has 0 bridgehead atoms. The van der Waals surface area contributed by atoms with E-state index in [4.69, 9.17) is 0 Å². The van der Waals surface area contributed by atoms with Crippen molar-refractivity contribution in [3.8, 4) is 17.1 Å². The molecule has 1 aliphatic rings. The van der Waals surface area contributed by atoms with Crippen molar-refractivity contribution >= 4 is 23.5 Å². The van der Waals surface area contributed by atoms with Crippen molar-refractivity contribution in [3.63, 3.8) is 0 Å². The summed E-state index contributed by atoms with van der Waals surface area (Å²) in [4.78, 5) is 4.10. The van der Waals surface area contributed by atoms with Crippen LogP contribution in [0.25, 0.3) is 17.1 Å². The summed E-state index contributed by atoms with van der Waals surface area (Å²) in [7, 11) is 0. The van der Waals surface area contributed by atoms with Gasteiger partial charge < -0.3 is 0 Å². The number of pyridine rings is 1. The fourth-order valence-corrected chi connectivity index (χ4v) is 5.49. The van der Waals surface area contributed by atoms with Gasteiger partial charge in [-0.1, -0.05) is 41.7 Å². The molecule has 0 N–H and O–H groups in total. The first kappa shape index (κ1) is 17.4. The number of aryl methyl sites for hydroxylation is 1. The first-order valence-corrected chi connectivity index (χ1v) is 10.9. The van der Waals surface area contributed by atoms with E-state index in [1.807, 2.05) is 24.3 Å². The molecule has 3 aromatic heterocycles. The molecule has 1 atom stereocenters. The summed E-state index contributed by atoms with van der Waals surface area (Å²) in [5, 5.41) is 19.1. The van der Waals surface area contributed by atoms with Crippen LogP contribution in [0.2, 0.25) is 0 Å². The number of fused-ring (bicyclic) bond motifs is 1. The summed E-state index contributed by atoms with van der Waals surface area (Å²) in [6.45, 7) is 2.10. The largest absolute Gasteiger partial charge is 0.297 e. The molecule has 4 aromatic rings. The van der Waals surface area contributed by atoms with Gasteiger partial charge in [0.1, 0.15) is 6.33 Å². The molecule has 7 nitrogen and oxygen atoms in total. The van der Waals surface area contributed by atoms with E-state index in [1.54, 1.807) is 42.2 Å². The number of nitrogens with zero attached hydrogens (tertiary/aromatic N) is 7. The monoisotopic (exact) mass is 407 g/mol. The van der Waals surface area contributed by atoms with Crippen LogP contribution in [-0.2, 0) is 0 Å². The van der Waals surface area contributed by atoms with E-state index in [0.717, 1.165) is 38.9 Å². The van der Waals surface area contributed by atoms with Crippen LogP contribution < -0.4 is 0 Å². The van der Waals surface area contributed by atoms with Gasteiger partial charge in [0.2, 0.25) is 0 Å². The molecule has 0 radical (unpaired) electrons. The average Bonchev–Trinajstić information content (AvgIpc) is 3.44. The van der Waals surface area contributed by atoms with Crippen molar-refractivity contribution < 1.29 is 0 Å². The van der Waals surface area contributed by atoms with Gasteiger partial charge >= 0.3 is 0 Å². The van der Waals surface area contributed by atoms with E-state index < -0.39 is 0 Å². The Morgan fingerprint density at radius 1 is 1.11 bits per heavy atom. The zero-order valence-corrected chi connectivity index (χ0v) is 16.8. The van der Waals surface area contributed by atoms with E-state index in [1.165, 1.54) is 5.56 Å². The number of rotatable bonds is 5. The molecular weight excluding hydrogens is 390 g/mol. The highest BCUT2D eigenvalue weighted by Gasteiger charge is 2.29. The third-order valence-electron chi connectivity index (χ3n) is 4.67. The Balaban J connectivity index is 1.39. The Kier molecular flexibility index (Phi) is 4.61. The fourth-order valence-electron chi connectivity index (χ4n) is 3.26. The van der Waals surface area contributed by atoms with Gasteiger partial charge in [-0.05, 0) is 30.7 Å². The standard InChI is InChI=1S/C19H17N7S2/c1-13-4-2-3-5-16(13)25-12-21-23-18(25)27-10-15-11-28-19-24-22-17(26(15)19)14-6-8-20-9-7-14/h2-9,12,15H,10-11H2,1H3. The summed E-state index contributed by atoms with van der Waals surface area (Å²) in [5.41, 5.74) is 3.34. The van der Waals surface area contributed by atoms with Crippen molar-refractivity contribution in [2.45, 2.75) is 23.3 Å². The predicted molar refractivity (Wildman–Crippen MR) is 110 cm³/mol.